The van der Waals surface area contributed by atoms with Crippen molar-refractivity contribution in [1.29, 1.82) is 5.26 Å². The molecule has 3 heterocycles. The second-order valence-electron chi connectivity index (χ2n) is 7.83. The molecule has 0 bridgehead atoms. The van der Waals surface area contributed by atoms with E-state index in [1.165, 1.54) is 0 Å². The number of nitrogens with one attached hydrogen (secondary N) is 1. The summed E-state index contributed by atoms with van der Waals surface area (Å²) in [6, 6.07) is 6.08. The van der Waals surface area contributed by atoms with Gasteiger partial charge in [-0.3, -0.25) is 14.9 Å². The first-order valence-electron chi connectivity index (χ1n) is 10.2. The zero-order chi connectivity index (χ0) is 19.3. The number of rotatable bonds is 5. The smallest absolute Gasteiger partial charge is 0.113 e. The van der Waals surface area contributed by atoms with Crippen LogP contribution in [-0.4, -0.2) is 73.4 Å². The largest absolute Gasteiger partial charge is 0.375 e. The zero-order valence-electron chi connectivity index (χ0n) is 16.5. The Kier molecular flexibility index (Phi) is 6.01. The molecule has 2 saturated heterocycles. The van der Waals surface area contributed by atoms with Crippen molar-refractivity contribution in [2.45, 2.75) is 19.4 Å². The molecule has 0 radical (unpaired) electrons. The molecule has 148 valence electrons. The van der Waals surface area contributed by atoms with Crippen molar-refractivity contribution in [1.82, 2.24) is 20.2 Å². The van der Waals surface area contributed by atoms with Gasteiger partial charge >= 0.3 is 0 Å². The van der Waals surface area contributed by atoms with E-state index in [1.54, 1.807) is 12.4 Å². The van der Waals surface area contributed by atoms with Crippen LogP contribution in [0.2, 0.25) is 0 Å². The third-order valence-electron chi connectivity index (χ3n) is 5.66. The molecule has 0 amide bonds. The summed E-state index contributed by atoms with van der Waals surface area (Å²) >= 11 is 0. The molecule has 0 aliphatic carbocycles. The van der Waals surface area contributed by atoms with Crippen LogP contribution in [0.5, 0.6) is 0 Å². The van der Waals surface area contributed by atoms with Gasteiger partial charge < -0.3 is 15.0 Å². The first kappa shape index (κ1) is 19.1. The molecule has 7 nitrogen and oxygen atoms in total. The average molecular weight is 380 g/mol. The molecule has 1 aromatic heterocycles. The Hall–Kier alpha value is -2.27. The van der Waals surface area contributed by atoms with Crippen LogP contribution in [0.25, 0.3) is 11.0 Å². The van der Waals surface area contributed by atoms with Crippen LogP contribution in [0.1, 0.15) is 18.9 Å². The van der Waals surface area contributed by atoms with Gasteiger partial charge in [0.15, 0.2) is 0 Å². The number of hydrogen-bond acceptors (Lipinski definition) is 7. The first-order valence-corrected chi connectivity index (χ1v) is 10.2. The number of anilines is 1. The lowest BCUT2D eigenvalue weighted by molar-refractivity contribution is 0.0186. The lowest BCUT2D eigenvalue weighted by atomic mass is 9.96. The van der Waals surface area contributed by atoms with Gasteiger partial charge in [0, 0.05) is 58.2 Å². The van der Waals surface area contributed by atoms with Crippen LogP contribution >= 0.6 is 0 Å². The Labute approximate surface area is 166 Å². The molecule has 1 N–H and O–H groups in total. The molecule has 1 aromatic carbocycles. The van der Waals surface area contributed by atoms with E-state index < -0.39 is 0 Å². The van der Waals surface area contributed by atoms with E-state index in [9.17, 15) is 5.26 Å². The maximum Gasteiger partial charge on any atom is 0.113 e. The van der Waals surface area contributed by atoms with E-state index in [4.69, 9.17) is 4.74 Å². The van der Waals surface area contributed by atoms with Gasteiger partial charge in [-0.25, -0.2) is 0 Å². The minimum absolute atomic E-state index is 0.217. The van der Waals surface area contributed by atoms with Gasteiger partial charge in [-0.2, -0.15) is 5.26 Å². The fraction of sp³-hybridized carbons (Fsp3) is 0.571. The zero-order valence-corrected chi connectivity index (χ0v) is 16.5. The molecular weight excluding hydrogens is 352 g/mol. The van der Waals surface area contributed by atoms with Crippen molar-refractivity contribution in [3.8, 4) is 6.07 Å². The molecule has 0 unspecified atom stereocenters. The second-order valence-corrected chi connectivity index (χ2v) is 7.83. The summed E-state index contributed by atoms with van der Waals surface area (Å²) in [6.07, 6.45) is 4.64. The SMILES string of the molecule is C[C@H]1C[C@@H](OCCN2CCNCC2)CN(c2ccc(C#N)c3nccnc23)C1. The van der Waals surface area contributed by atoms with E-state index in [0.29, 0.717) is 17.0 Å². The average Bonchev–Trinajstić information content (AvgIpc) is 2.73. The van der Waals surface area contributed by atoms with E-state index in [0.717, 1.165) is 70.0 Å². The summed E-state index contributed by atoms with van der Waals surface area (Å²) in [4.78, 5) is 13.7. The molecule has 7 heteroatoms. The van der Waals surface area contributed by atoms with Crippen LogP contribution in [0.4, 0.5) is 5.69 Å². The number of benzene rings is 1. The second kappa shape index (κ2) is 8.82. The van der Waals surface area contributed by atoms with Gasteiger partial charge in [-0.1, -0.05) is 6.92 Å². The maximum absolute atomic E-state index is 9.37. The number of ether oxygens (including phenoxy) is 1. The highest BCUT2D eigenvalue weighted by Crippen LogP contribution is 2.30. The quantitative estimate of drug-likeness (QED) is 0.845. The Morgan fingerprint density at radius 2 is 1.96 bits per heavy atom. The molecule has 28 heavy (non-hydrogen) atoms. The van der Waals surface area contributed by atoms with Crippen molar-refractivity contribution >= 4 is 16.7 Å². The van der Waals surface area contributed by atoms with Crippen molar-refractivity contribution in [3.05, 3.63) is 30.1 Å². The predicted molar refractivity (Wildman–Crippen MR) is 109 cm³/mol. The summed E-state index contributed by atoms with van der Waals surface area (Å²) in [7, 11) is 0. The molecule has 2 aromatic rings. The number of fused-ring (bicyclic) bond motifs is 1. The summed E-state index contributed by atoms with van der Waals surface area (Å²) in [6.45, 7) is 10.2. The number of nitrogens with zero attached hydrogens (tertiary/aromatic N) is 5. The Morgan fingerprint density at radius 3 is 2.75 bits per heavy atom. The number of hydrogen-bond donors (Lipinski definition) is 1. The van der Waals surface area contributed by atoms with Crippen molar-refractivity contribution in [2.75, 3.05) is 57.3 Å². The van der Waals surface area contributed by atoms with Crippen LogP contribution in [0, 0.1) is 17.2 Å². The lowest BCUT2D eigenvalue weighted by Gasteiger charge is -2.38. The molecule has 0 saturated carbocycles. The normalized spacial score (nSPS) is 23.6. The predicted octanol–water partition coefficient (Wildman–Crippen LogP) is 1.64. The fourth-order valence-electron chi connectivity index (χ4n) is 4.28. The van der Waals surface area contributed by atoms with E-state index in [1.807, 2.05) is 12.1 Å². The van der Waals surface area contributed by atoms with Gasteiger partial charge in [-0.15, -0.1) is 0 Å². The van der Waals surface area contributed by atoms with Gasteiger partial charge in [0.1, 0.15) is 17.1 Å². The molecular formula is C21H28N6O. The topological polar surface area (TPSA) is 77.3 Å². The highest BCUT2D eigenvalue weighted by molar-refractivity contribution is 5.92. The molecule has 2 aliphatic rings. The van der Waals surface area contributed by atoms with Crippen LogP contribution in [-0.2, 0) is 4.74 Å². The number of aromatic nitrogens is 2. The molecule has 2 aliphatic heterocycles. The van der Waals surface area contributed by atoms with Crippen molar-refractivity contribution in [3.63, 3.8) is 0 Å². The highest BCUT2D eigenvalue weighted by atomic mass is 16.5. The Morgan fingerprint density at radius 1 is 1.18 bits per heavy atom. The summed E-state index contributed by atoms with van der Waals surface area (Å²) < 4.78 is 6.27. The Balaban J connectivity index is 1.45. The van der Waals surface area contributed by atoms with E-state index in [2.05, 4.69) is 38.1 Å². The standard InChI is InChI=1S/C21H28N6O/c1-16-12-18(28-11-10-26-8-6-23-7-9-26)15-27(14-16)19-3-2-17(13-22)20-21(19)25-5-4-24-20/h2-5,16,18,23H,6-12,14-15H2,1H3/t16-,18+/m0/s1. The van der Waals surface area contributed by atoms with Gasteiger partial charge in [0.25, 0.3) is 0 Å². The third kappa shape index (κ3) is 4.25. The van der Waals surface area contributed by atoms with Gasteiger partial charge in [0.2, 0.25) is 0 Å². The Bertz CT molecular complexity index is 844. The van der Waals surface area contributed by atoms with Gasteiger partial charge in [0.05, 0.1) is 24.0 Å². The first-order chi connectivity index (χ1) is 13.7. The molecule has 2 atom stereocenters. The number of piperidine rings is 1. The monoisotopic (exact) mass is 380 g/mol. The fourth-order valence-corrected chi connectivity index (χ4v) is 4.28. The van der Waals surface area contributed by atoms with E-state index >= 15 is 0 Å². The minimum atomic E-state index is 0.217. The maximum atomic E-state index is 9.37. The molecule has 4 rings (SSSR count). The number of piperazine rings is 1. The van der Waals surface area contributed by atoms with Crippen molar-refractivity contribution < 1.29 is 4.74 Å². The molecule has 0 spiro atoms. The summed E-state index contributed by atoms with van der Waals surface area (Å²) in [5.74, 6) is 0.542. The summed E-state index contributed by atoms with van der Waals surface area (Å²) in [5, 5.41) is 12.8. The van der Waals surface area contributed by atoms with Crippen LogP contribution in [0.3, 0.4) is 0 Å². The van der Waals surface area contributed by atoms with E-state index in [-0.39, 0.29) is 6.10 Å². The van der Waals surface area contributed by atoms with Gasteiger partial charge in [-0.05, 0) is 24.5 Å². The summed E-state index contributed by atoms with van der Waals surface area (Å²) in [5.41, 5.74) is 3.09. The number of nitriles is 1. The highest BCUT2D eigenvalue weighted by Gasteiger charge is 2.27. The minimum Gasteiger partial charge on any atom is -0.375 e. The van der Waals surface area contributed by atoms with Crippen LogP contribution in [0.15, 0.2) is 24.5 Å². The third-order valence-corrected chi connectivity index (χ3v) is 5.66. The van der Waals surface area contributed by atoms with Crippen molar-refractivity contribution in [2.24, 2.45) is 5.92 Å². The van der Waals surface area contributed by atoms with Crippen LogP contribution < -0.4 is 10.2 Å². The lowest BCUT2D eigenvalue weighted by Crippen LogP contribution is -2.46. The molecule has 2 fully saturated rings.